The second-order valence-corrected chi connectivity index (χ2v) is 5.85. The van der Waals surface area contributed by atoms with Crippen LogP contribution in [0.25, 0.3) is 10.8 Å². The summed E-state index contributed by atoms with van der Waals surface area (Å²) in [6.45, 7) is 2.81. The lowest BCUT2D eigenvalue weighted by Crippen LogP contribution is -2.12. The fourth-order valence-corrected chi connectivity index (χ4v) is 2.56. The van der Waals surface area contributed by atoms with Crippen molar-refractivity contribution in [2.24, 2.45) is 5.73 Å². The standard InChI is InChI=1S/C11H14N2OS2/c1-8(5-12)16-7-9-6-14-11(13-9)10-3-2-4-15-10/h2-4,6,8H,5,7,12H2,1H3. The third kappa shape index (κ3) is 2.87. The first kappa shape index (κ1) is 11.7. The van der Waals surface area contributed by atoms with Crippen molar-refractivity contribution in [1.29, 1.82) is 0 Å². The molecule has 0 radical (unpaired) electrons. The van der Waals surface area contributed by atoms with Crippen LogP contribution in [0.3, 0.4) is 0 Å². The largest absolute Gasteiger partial charge is 0.444 e. The van der Waals surface area contributed by atoms with E-state index in [2.05, 4.69) is 11.9 Å². The summed E-state index contributed by atoms with van der Waals surface area (Å²) < 4.78 is 5.43. The maximum absolute atomic E-state index is 5.56. The molecule has 1 unspecified atom stereocenters. The van der Waals surface area contributed by atoms with Crippen LogP contribution in [0, 0.1) is 0 Å². The molecule has 2 aromatic heterocycles. The lowest BCUT2D eigenvalue weighted by Gasteiger charge is -2.04. The average molecular weight is 254 g/mol. The Hall–Kier alpha value is -0.780. The molecule has 0 amide bonds. The van der Waals surface area contributed by atoms with E-state index in [1.165, 1.54) is 0 Å². The molecule has 0 spiro atoms. The van der Waals surface area contributed by atoms with E-state index in [0.717, 1.165) is 16.3 Å². The number of thioether (sulfide) groups is 1. The predicted molar refractivity (Wildman–Crippen MR) is 69.6 cm³/mol. The molecule has 2 N–H and O–H groups in total. The number of aromatic nitrogens is 1. The highest BCUT2D eigenvalue weighted by atomic mass is 32.2. The van der Waals surface area contributed by atoms with E-state index in [-0.39, 0.29) is 0 Å². The van der Waals surface area contributed by atoms with Crippen LogP contribution < -0.4 is 5.73 Å². The van der Waals surface area contributed by atoms with Crippen LogP contribution in [-0.4, -0.2) is 16.8 Å². The maximum Gasteiger partial charge on any atom is 0.236 e. The van der Waals surface area contributed by atoms with Gasteiger partial charge in [0, 0.05) is 17.5 Å². The Morgan fingerprint density at radius 3 is 3.19 bits per heavy atom. The van der Waals surface area contributed by atoms with Gasteiger partial charge in [0.05, 0.1) is 10.6 Å². The molecule has 2 aromatic rings. The summed E-state index contributed by atoms with van der Waals surface area (Å²) in [6.07, 6.45) is 1.73. The van der Waals surface area contributed by atoms with Crippen molar-refractivity contribution in [3.63, 3.8) is 0 Å². The molecule has 5 heteroatoms. The summed E-state index contributed by atoms with van der Waals surface area (Å²) in [5.41, 5.74) is 6.54. The molecule has 16 heavy (non-hydrogen) atoms. The maximum atomic E-state index is 5.56. The van der Waals surface area contributed by atoms with E-state index in [9.17, 15) is 0 Å². The van der Waals surface area contributed by atoms with Gasteiger partial charge in [-0.15, -0.1) is 11.3 Å². The van der Waals surface area contributed by atoms with Crippen molar-refractivity contribution < 1.29 is 4.42 Å². The van der Waals surface area contributed by atoms with Gasteiger partial charge in [-0.1, -0.05) is 13.0 Å². The van der Waals surface area contributed by atoms with Gasteiger partial charge in [-0.05, 0) is 11.4 Å². The van der Waals surface area contributed by atoms with Gasteiger partial charge < -0.3 is 10.2 Å². The van der Waals surface area contributed by atoms with Crippen molar-refractivity contribution in [1.82, 2.24) is 4.98 Å². The highest BCUT2D eigenvalue weighted by molar-refractivity contribution is 7.99. The zero-order valence-corrected chi connectivity index (χ0v) is 10.7. The summed E-state index contributed by atoms with van der Waals surface area (Å²) in [6, 6.07) is 4.01. The van der Waals surface area contributed by atoms with Crippen LogP contribution in [-0.2, 0) is 5.75 Å². The highest BCUT2D eigenvalue weighted by Gasteiger charge is 2.08. The molecule has 0 aliphatic heterocycles. The number of rotatable bonds is 5. The minimum absolute atomic E-state index is 0.460. The van der Waals surface area contributed by atoms with E-state index < -0.39 is 0 Å². The van der Waals surface area contributed by atoms with Crippen molar-refractivity contribution in [3.05, 3.63) is 29.5 Å². The topological polar surface area (TPSA) is 52.0 Å². The normalized spacial score (nSPS) is 12.9. The fourth-order valence-electron chi connectivity index (χ4n) is 1.18. The van der Waals surface area contributed by atoms with E-state index in [0.29, 0.717) is 17.7 Å². The van der Waals surface area contributed by atoms with Crippen LogP contribution in [0.15, 0.2) is 28.2 Å². The van der Waals surface area contributed by atoms with Gasteiger partial charge in [-0.3, -0.25) is 0 Å². The van der Waals surface area contributed by atoms with E-state index in [1.54, 1.807) is 29.4 Å². The number of nitrogens with zero attached hydrogens (tertiary/aromatic N) is 1. The van der Waals surface area contributed by atoms with Gasteiger partial charge in [0.2, 0.25) is 5.89 Å². The molecule has 2 heterocycles. The number of oxazole rings is 1. The Morgan fingerprint density at radius 2 is 2.50 bits per heavy atom. The molecule has 0 aliphatic rings. The van der Waals surface area contributed by atoms with Gasteiger partial charge in [0.1, 0.15) is 6.26 Å². The van der Waals surface area contributed by atoms with E-state index in [4.69, 9.17) is 10.2 Å². The molecular weight excluding hydrogens is 240 g/mol. The van der Waals surface area contributed by atoms with Gasteiger partial charge in [0.25, 0.3) is 0 Å². The first-order valence-electron chi connectivity index (χ1n) is 5.09. The molecule has 0 bridgehead atoms. The lowest BCUT2D eigenvalue weighted by molar-refractivity contribution is 0.575. The molecule has 0 aliphatic carbocycles. The van der Waals surface area contributed by atoms with Crippen molar-refractivity contribution in [2.45, 2.75) is 17.9 Å². The molecule has 0 saturated carbocycles. The van der Waals surface area contributed by atoms with E-state index in [1.807, 2.05) is 17.5 Å². The summed E-state index contributed by atoms with van der Waals surface area (Å²) in [5, 5.41) is 2.48. The number of hydrogen-bond acceptors (Lipinski definition) is 5. The van der Waals surface area contributed by atoms with Crippen LogP contribution in [0.4, 0.5) is 0 Å². The molecule has 3 nitrogen and oxygen atoms in total. The van der Waals surface area contributed by atoms with Gasteiger partial charge in [0.15, 0.2) is 0 Å². The summed E-state index contributed by atoms with van der Waals surface area (Å²) in [7, 11) is 0. The van der Waals surface area contributed by atoms with Crippen molar-refractivity contribution in [3.8, 4) is 10.8 Å². The fraction of sp³-hybridized carbons (Fsp3) is 0.364. The SMILES string of the molecule is CC(CN)SCc1coc(-c2cccs2)n1. The molecular formula is C11H14N2OS2. The van der Waals surface area contributed by atoms with Crippen LogP contribution in [0.1, 0.15) is 12.6 Å². The van der Waals surface area contributed by atoms with Gasteiger partial charge in [-0.2, -0.15) is 11.8 Å². The minimum atomic E-state index is 0.460. The summed E-state index contributed by atoms with van der Waals surface area (Å²) in [4.78, 5) is 5.51. The average Bonchev–Trinajstić information content (AvgIpc) is 2.95. The predicted octanol–water partition coefficient (Wildman–Crippen LogP) is 2.98. The second-order valence-electron chi connectivity index (χ2n) is 3.48. The van der Waals surface area contributed by atoms with Gasteiger partial charge >= 0.3 is 0 Å². The Morgan fingerprint density at radius 1 is 1.62 bits per heavy atom. The molecule has 0 fully saturated rings. The molecule has 1 atom stereocenters. The number of hydrogen-bond donors (Lipinski definition) is 1. The van der Waals surface area contributed by atoms with Crippen molar-refractivity contribution >= 4 is 23.1 Å². The highest BCUT2D eigenvalue weighted by Crippen LogP contribution is 2.25. The number of nitrogens with two attached hydrogens (primary N) is 1. The quantitative estimate of drug-likeness (QED) is 0.891. The van der Waals surface area contributed by atoms with Crippen molar-refractivity contribution in [2.75, 3.05) is 6.54 Å². The van der Waals surface area contributed by atoms with Crippen LogP contribution in [0.5, 0.6) is 0 Å². The van der Waals surface area contributed by atoms with E-state index >= 15 is 0 Å². The molecule has 0 aromatic carbocycles. The Labute approximate surface area is 103 Å². The third-order valence-electron chi connectivity index (χ3n) is 2.13. The Kier molecular flexibility index (Phi) is 4.04. The summed E-state index contributed by atoms with van der Waals surface area (Å²) >= 11 is 3.43. The van der Waals surface area contributed by atoms with Crippen LogP contribution in [0.2, 0.25) is 0 Å². The zero-order chi connectivity index (χ0) is 11.4. The first-order valence-corrected chi connectivity index (χ1v) is 7.02. The molecule has 2 rings (SSSR count). The smallest absolute Gasteiger partial charge is 0.236 e. The number of thiophene rings is 1. The zero-order valence-electron chi connectivity index (χ0n) is 9.05. The Bertz CT molecular complexity index is 425. The lowest BCUT2D eigenvalue weighted by atomic mass is 10.5. The molecule has 0 saturated heterocycles. The van der Waals surface area contributed by atoms with Crippen LogP contribution >= 0.6 is 23.1 Å². The minimum Gasteiger partial charge on any atom is -0.444 e. The first-order chi connectivity index (χ1) is 7.79. The Balaban J connectivity index is 1.98. The third-order valence-corrected chi connectivity index (χ3v) is 4.21. The second kappa shape index (κ2) is 5.52. The monoisotopic (exact) mass is 254 g/mol. The van der Waals surface area contributed by atoms with Gasteiger partial charge in [-0.25, -0.2) is 4.98 Å². The molecule has 86 valence electrons. The summed E-state index contributed by atoms with van der Waals surface area (Å²) in [5.74, 6) is 1.57.